The quantitative estimate of drug-likeness (QED) is 0.927. The van der Waals surface area contributed by atoms with Crippen molar-refractivity contribution < 1.29 is 0 Å². The Labute approximate surface area is 121 Å². The number of benzene rings is 1. The maximum absolute atomic E-state index is 6.40. The van der Waals surface area contributed by atoms with E-state index in [0.717, 1.165) is 29.8 Å². The highest BCUT2D eigenvalue weighted by atomic mass is 15.1. The van der Waals surface area contributed by atoms with Gasteiger partial charge in [0.1, 0.15) is 0 Å². The molecular formula is C17H23N3. The molecule has 3 nitrogen and oxygen atoms in total. The number of hydrogen-bond donors (Lipinski definition) is 1. The van der Waals surface area contributed by atoms with Crippen LogP contribution in [0.3, 0.4) is 0 Å². The zero-order valence-electron chi connectivity index (χ0n) is 12.8. The van der Waals surface area contributed by atoms with Gasteiger partial charge in [0.15, 0.2) is 0 Å². The van der Waals surface area contributed by atoms with Gasteiger partial charge in [0.05, 0.1) is 11.4 Å². The van der Waals surface area contributed by atoms with Crippen LogP contribution in [0.4, 0.5) is 0 Å². The summed E-state index contributed by atoms with van der Waals surface area (Å²) in [7, 11) is 0. The van der Waals surface area contributed by atoms with Gasteiger partial charge >= 0.3 is 0 Å². The minimum absolute atomic E-state index is 0.0275. The zero-order valence-corrected chi connectivity index (χ0v) is 12.8. The number of aromatic nitrogens is 2. The van der Waals surface area contributed by atoms with Gasteiger partial charge in [-0.3, -0.25) is 0 Å². The Morgan fingerprint density at radius 3 is 2.25 bits per heavy atom. The van der Waals surface area contributed by atoms with E-state index in [1.54, 1.807) is 0 Å². The van der Waals surface area contributed by atoms with Crippen LogP contribution < -0.4 is 5.73 Å². The summed E-state index contributed by atoms with van der Waals surface area (Å²) in [5.74, 6) is 0. The average molecular weight is 269 g/mol. The summed E-state index contributed by atoms with van der Waals surface area (Å²) in [6, 6.07) is 8.64. The molecule has 0 amide bonds. The van der Waals surface area contributed by atoms with Crippen LogP contribution in [0.15, 0.2) is 24.3 Å². The van der Waals surface area contributed by atoms with Crippen molar-refractivity contribution in [3.63, 3.8) is 0 Å². The van der Waals surface area contributed by atoms with E-state index < -0.39 is 0 Å². The van der Waals surface area contributed by atoms with E-state index in [1.807, 2.05) is 6.92 Å². The smallest absolute Gasteiger partial charge is 0.0676 e. The van der Waals surface area contributed by atoms with E-state index >= 15 is 0 Å². The van der Waals surface area contributed by atoms with Crippen LogP contribution in [-0.2, 0) is 12.8 Å². The molecule has 1 aromatic heterocycles. The van der Waals surface area contributed by atoms with Crippen LogP contribution in [0.1, 0.15) is 46.6 Å². The average Bonchev–Trinajstić information content (AvgIpc) is 2.37. The summed E-state index contributed by atoms with van der Waals surface area (Å²) >= 11 is 0. The lowest BCUT2D eigenvalue weighted by molar-refractivity contribution is 0.691. The van der Waals surface area contributed by atoms with E-state index in [-0.39, 0.29) is 6.04 Å². The minimum atomic E-state index is -0.0275. The number of aryl methyl sites for hydroxylation is 4. The molecule has 2 rings (SSSR count). The molecule has 1 atom stereocenters. The third-order valence-electron chi connectivity index (χ3n) is 3.50. The molecule has 20 heavy (non-hydrogen) atoms. The standard InChI is InChI=1S/C17H23N3/c1-5-17-15(9-13(4)19-20-17)16(18)10-14-7-11(2)6-12(3)8-14/h6-9,16H,5,10,18H2,1-4H3. The molecule has 1 aromatic carbocycles. The van der Waals surface area contributed by atoms with Gasteiger partial charge in [0, 0.05) is 6.04 Å². The van der Waals surface area contributed by atoms with E-state index in [1.165, 1.54) is 16.7 Å². The fraction of sp³-hybridized carbons (Fsp3) is 0.412. The highest BCUT2D eigenvalue weighted by Gasteiger charge is 2.13. The second-order valence-electron chi connectivity index (χ2n) is 5.55. The summed E-state index contributed by atoms with van der Waals surface area (Å²) in [5.41, 5.74) is 13.3. The van der Waals surface area contributed by atoms with Crippen molar-refractivity contribution in [1.29, 1.82) is 0 Å². The third-order valence-corrected chi connectivity index (χ3v) is 3.50. The van der Waals surface area contributed by atoms with Crippen molar-refractivity contribution in [2.45, 2.75) is 46.6 Å². The number of nitrogens with two attached hydrogens (primary N) is 1. The second-order valence-corrected chi connectivity index (χ2v) is 5.55. The lowest BCUT2D eigenvalue weighted by Gasteiger charge is -2.16. The second kappa shape index (κ2) is 6.14. The molecule has 0 aliphatic rings. The van der Waals surface area contributed by atoms with Crippen LogP contribution in [0.25, 0.3) is 0 Å². The Morgan fingerprint density at radius 2 is 1.65 bits per heavy atom. The Balaban J connectivity index is 2.27. The molecular weight excluding hydrogens is 246 g/mol. The van der Waals surface area contributed by atoms with Crippen molar-refractivity contribution in [2.75, 3.05) is 0 Å². The Morgan fingerprint density at radius 1 is 1.00 bits per heavy atom. The zero-order chi connectivity index (χ0) is 14.7. The van der Waals surface area contributed by atoms with Gasteiger partial charge in [-0.2, -0.15) is 10.2 Å². The molecule has 2 aromatic rings. The highest BCUT2D eigenvalue weighted by Crippen LogP contribution is 2.21. The molecule has 0 radical (unpaired) electrons. The van der Waals surface area contributed by atoms with Crippen LogP contribution in [0.5, 0.6) is 0 Å². The molecule has 0 saturated heterocycles. The predicted octanol–water partition coefficient (Wildman–Crippen LogP) is 3.21. The predicted molar refractivity (Wildman–Crippen MR) is 82.7 cm³/mol. The van der Waals surface area contributed by atoms with Gasteiger partial charge in [0.2, 0.25) is 0 Å². The number of rotatable bonds is 4. The number of hydrogen-bond acceptors (Lipinski definition) is 3. The van der Waals surface area contributed by atoms with Gasteiger partial charge in [-0.05, 0) is 50.8 Å². The Bertz CT molecular complexity index is 585. The fourth-order valence-electron chi connectivity index (χ4n) is 2.68. The molecule has 0 aliphatic heterocycles. The van der Waals surface area contributed by atoms with Gasteiger partial charge in [-0.1, -0.05) is 36.2 Å². The monoisotopic (exact) mass is 269 g/mol. The van der Waals surface area contributed by atoms with Crippen LogP contribution >= 0.6 is 0 Å². The third kappa shape index (κ3) is 3.42. The maximum atomic E-state index is 6.40. The van der Waals surface area contributed by atoms with Gasteiger partial charge < -0.3 is 5.73 Å². The minimum Gasteiger partial charge on any atom is -0.324 e. The topological polar surface area (TPSA) is 51.8 Å². The fourth-order valence-corrected chi connectivity index (χ4v) is 2.68. The molecule has 1 unspecified atom stereocenters. The normalized spacial score (nSPS) is 12.4. The maximum Gasteiger partial charge on any atom is 0.0676 e. The molecule has 0 bridgehead atoms. The van der Waals surface area contributed by atoms with E-state index in [4.69, 9.17) is 5.73 Å². The molecule has 0 spiro atoms. The first-order chi connectivity index (χ1) is 9.49. The summed E-state index contributed by atoms with van der Waals surface area (Å²) in [5, 5.41) is 8.39. The first-order valence-corrected chi connectivity index (χ1v) is 7.15. The van der Waals surface area contributed by atoms with Crippen molar-refractivity contribution in [3.05, 3.63) is 57.9 Å². The van der Waals surface area contributed by atoms with Crippen LogP contribution in [0.2, 0.25) is 0 Å². The molecule has 0 fully saturated rings. The SMILES string of the molecule is CCc1nnc(C)cc1C(N)Cc1cc(C)cc(C)c1. The van der Waals surface area contributed by atoms with E-state index in [0.29, 0.717) is 0 Å². The molecule has 2 N–H and O–H groups in total. The summed E-state index contributed by atoms with van der Waals surface area (Å²) in [6.45, 7) is 8.29. The molecule has 0 aliphatic carbocycles. The lowest BCUT2D eigenvalue weighted by Crippen LogP contribution is -2.17. The molecule has 3 heteroatoms. The first-order valence-electron chi connectivity index (χ1n) is 7.15. The Hall–Kier alpha value is -1.74. The summed E-state index contributed by atoms with van der Waals surface area (Å²) < 4.78 is 0. The lowest BCUT2D eigenvalue weighted by atomic mass is 9.95. The molecule has 0 saturated carbocycles. The molecule has 106 valence electrons. The first kappa shape index (κ1) is 14.7. The largest absolute Gasteiger partial charge is 0.324 e. The van der Waals surface area contributed by atoms with Crippen molar-refractivity contribution in [2.24, 2.45) is 5.73 Å². The van der Waals surface area contributed by atoms with Gasteiger partial charge in [0.25, 0.3) is 0 Å². The Kier molecular flexibility index (Phi) is 4.50. The van der Waals surface area contributed by atoms with E-state index in [9.17, 15) is 0 Å². The van der Waals surface area contributed by atoms with Crippen molar-refractivity contribution in [3.8, 4) is 0 Å². The van der Waals surface area contributed by atoms with Gasteiger partial charge in [-0.15, -0.1) is 0 Å². The highest BCUT2D eigenvalue weighted by molar-refractivity contribution is 5.32. The molecule has 1 heterocycles. The van der Waals surface area contributed by atoms with Crippen LogP contribution in [0, 0.1) is 20.8 Å². The summed E-state index contributed by atoms with van der Waals surface area (Å²) in [6.07, 6.45) is 1.70. The van der Waals surface area contributed by atoms with Crippen LogP contribution in [-0.4, -0.2) is 10.2 Å². The van der Waals surface area contributed by atoms with Crippen molar-refractivity contribution >= 4 is 0 Å². The summed E-state index contributed by atoms with van der Waals surface area (Å²) in [4.78, 5) is 0. The van der Waals surface area contributed by atoms with Gasteiger partial charge in [-0.25, -0.2) is 0 Å². The number of nitrogens with zero attached hydrogens (tertiary/aromatic N) is 2. The van der Waals surface area contributed by atoms with E-state index in [2.05, 4.69) is 55.2 Å². The van der Waals surface area contributed by atoms with Crippen molar-refractivity contribution in [1.82, 2.24) is 10.2 Å².